The van der Waals surface area contributed by atoms with Crippen molar-refractivity contribution in [2.45, 2.75) is 44.8 Å². The third-order valence-corrected chi connectivity index (χ3v) is 4.14. The summed E-state index contributed by atoms with van der Waals surface area (Å²) in [6.45, 7) is 3.18. The lowest BCUT2D eigenvalue weighted by Gasteiger charge is -2.17. The van der Waals surface area contributed by atoms with Gasteiger partial charge in [-0.05, 0) is 50.3 Å². The van der Waals surface area contributed by atoms with Gasteiger partial charge >= 0.3 is 0 Å². The van der Waals surface area contributed by atoms with E-state index in [2.05, 4.69) is 10.6 Å². The Morgan fingerprint density at radius 3 is 2.04 bits per heavy atom. The summed E-state index contributed by atoms with van der Waals surface area (Å²) < 4.78 is 10.8. The Labute approximate surface area is 135 Å². The number of ether oxygens (including phenoxy) is 2. The molecule has 23 heavy (non-hydrogen) atoms. The van der Waals surface area contributed by atoms with Crippen LogP contribution in [0.25, 0.3) is 0 Å². The fraction of sp³-hybridized carbons (Fsp3) is 0.529. The maximum absolute atomic E-state index is 12.2. The van der Waals surface area contributed by atoms with Crippen LogP contribution < -0.4 is 10.6 Å². The van der Waals surface area contributed by atoms with Gasteiger partial charge in [0, 0.05) is 13.2 Å². The van der Waals surface area contributed by atoms with Crippen molar-refractivity contribution >= 4 is 23.2 Å². The van der Waals surface area contributed by atoms with E-state index >= 15 is 0 Å². The van der Waals surface area contributed by atoms with Gasteiger partial charge in [0.15, 0.2) is 0 Å². The van der Waals surface area contributed by atoms with E-state index in [-0.39, 0.29) is 11.8 Å². The molecule has 0 aliphatic carbocycles. The molecule has 0 saturated carbocycles. The van der Waals surface area contributed by atoms with Crippen LogP contribution >= 0.6 is 0 Å². The molecule has 0 spiro atoms. The molecule has 124 valence electrons. The predicted molar refractivity (Wildman–Crippen MR) is 86.4 cm³/mol. The number of amides is 2. The van der Waals surface area contributed by atoms with Gasteiger partial charge in [-0.25, -0.2) is 0 Å². The summed E-state index contributed by atoms with van der Waals surface area (Å²) in [5.74, 6) is -0.334. The minimum Gasteiger partial charge on any atom is -0.368 e. The molecule has 1 aromatic carbocycles. The van der Waals surface area contributed by atoms with Gasteiger partial charge in [-0.15, -0.1) is 0 Å². The monoisotopic (exact) mass is 318 g/mol. The zero-order valence-corrected chi connectivity index (χ0v) is 13.3. The summed E-state index contributed by atoms with van der Waals surface area (Å²) in [5.41, 5.74) is 2.18. The summed E-state index contributed by atoms with van der Waals surface area (Å²) in [6, 6.07) is 5.54. The van der Waals surface area contributed by atoms with E-state index in [1.54, 1.807) is 6.07 Å². The van der Waals surface area contributed by atoms with E-state index in [4.69, 9.17) is 9.47 Å². The fourth-order valence-corrected chi connectivity index (χ4v) is 2.87. The van der Waals surface area contributed by atoms with Crippen LogP contribution in [0.1, 0.15) is 31.2 Å². The number of nitrogens with one attached hydrogen (secondary N) is 2. The SMILES string of the molecule is Cc1ccc(NC(=O)[C@H]2CCCO2)c(NC(=O)[C@H]2CCCO2)c1. The van der Waals surface area contributed by atoms with Crippen molar-refractivity contribution in [2.24, 2.45) is 0 Å². The van der Waals surface area contributed by atoms with Crippen LogP contribution in [0.5, 0.6) is 0 Å². The van der Waals surface area contributed by atoms with Crippen LogP contribution in [-0.2, 0) is 19.1 Å². The summed E-state index contributed by atoms with van der Waals surface area (Å²) in [5, 5.41) is 5.73. The number of aryl methyl sites for hydroxylation is 1. The molecule has 0 aromatic heterocycles. The van der Waals surface area contributed by atoms with Crippen molar-refractivity contribution in [1.29, 1.82) is 0 Å². The molecule has 6 heteroatoms. The van der Waals surface area contributed by atoms with Crippen molar-refractivity contribution in [3.63, 3.8) is 0 Å². The summed E-state index contributed by atoms with van der Waals surface area (Å²) in [6.07, 6.45) is 2.45. The maximum Gasteiger partial charge on any atom is 0.253 e. The molecule has 6 nitrogen and oxygen atoms in total. The molecule has 2 fully saturated rings. The first-order valence-electron chi connectivity index (χ1n) is 8.09. The highest BCUT2D eigenvalue weighted by Crippen LogP contribution is 2.26. The van der Waals surface area contributed by atoms with E-state index in [1.807, 2.05) is 19.1 Å². The first-order valence-corrected chi connectivity index (χ1v) is 8.09. The molecule has 2 N–H and O–H groups in total. The summed E-state index contributed by atoms with van der Waals surface area (Å²) in [4.78, 5) is 24.5. The van der Waals surface area contributed by atoms with Crippen LogP contribution in [0, 0.1) is 6.92 Å². The van der Waals surface area contributed by atoms with E-state index in [0.29, 0.717) is 24.6 Å². The number of carbonyl (C=O) groups excluding carboxylic acids is 2. The van der Waals surface area contributed by atoms with Crippen molar-refractivity contribution in [1.82, 2.24) is 0 Å². The van der Waals surface area contributed by atoms with Gasteiger partial charge in [0.1, 0.15) is 12.2 Å². The molecule has 0 unspecified atom stereocenters. The van der Waals surface area contributed by atoms with Crippen LogP contribution in [-0.4, -0.2) is 37.2 Å². The number of carbonyl (C=O) groups is 2. The number of hydrogen-bond donors (Lipinski definition) is 2. The molecule has 2 saturated heterocycles. The van der Waals surface area contributed by atoms with Crippen LogP contribution in [0.15, 0.2) is 18.2 Å². The second-order valence-electron chi connectivity index (χ2n) is 6.03. The smallest absolute Gasteiger partial charge is 0.253 e. The minimum absolute atomic E-state index is 0.166. The van der Waals surface area contributed by atoms with Crippen molar-refractivity contribution in [2.75, 3.05) is 23.8 Å². The van der Waals surface area contributed by atoms with Gasteiger partial charge in [0.2, 0.25) is 0 Å². The Bertz CT molecular complexity index is 590. The third-order valence-electron chi connectivity index (χ3n) is 4.14. The van der Waals surface area contributed by atoms with Gasteiger partial charge in [0.05, 0.1) is 11.4 Å². The minimum atomic E-state index is -0.405. The third kappa shape index (κ3) is 3.89. The molecule has 2 aliphatic rings. The normalized spacial score (nSPS) is 23.7. The molecule has 0 radical (unpaired) electrons. The zero-order chi connectivity index (χ0) is 16.2. The van der Waals surface area contributed by atoms with Crippen LogP contribution in [0.2, 0.25) is 0 Å². The Kier molecular flexibility index (Phi) is 4.93. The summed E-state index contributed by atoms with van der Waals surface area (Å²) in [7, 11) is 0. The summed E-state index contributed by atoms with van der Waals surface area (Å²) >= 11 is 0. The highest BCUT2D eigenvalue weighted by molar-refractivity contribution is 6.02. The molecule has 0 bridgehead atoms. The Morgan fingerprint density at radius 1 is 0.957 bits per heavy atom. The largest absolute Gasteiger partial charge is 0.368 e. The Balaban J connectivity index is 1.71. The first-order chi connectivity index (χ1) is 11.1. The molecule has 1 aromatic rings. The quantitative estimate of drug-likeness (QED) is 0.892. The second-order valence-corrected chi connectivity index (χ2v) is 6.03. The van der Waals surface area contributed by atoms with Crippen molar-refractivity contribution in [3.8, 4) is 0 Å². The number of anilines is 2. The Hall–Kier alpha value is -1.92. The molecule has 2 heterocycles. The topological polar surface area (TPSA) is 76.7 Å². The van der Waals surface area contributed by atoms with Crippen LogP contribution in [0.3, 0.4) is 0 Å². The van der Waals surface area contributed by atoms with Crippen molar-refractivity contribution in [3.05, 3.63) is 23.8 Å². The number of rotatable bonds is 4. The van der Waals surface area contributed by atoms with Gasteiger partial charge in [-0.1, -0.05) is 6.07 Å². The van der Waals surface area contributed by atoms with Crippen LogP contribution in [0.4, 0.5) is 11.4 Å². The molecular formula is C17H22N2O4. The van der Waals surface area contributed by atoms with E-state index in [0.717, 1.165) is 31.2 Å². The standard InChI is InChI=1S/C17H22N2O4/c1-11-6-7-12(18-16(20)14-4-2-8-22-14)13(10-11)19-17(21)15-5-3-9-23-15/h6-7,10,14-15H,2-5,8-9H2,1H3,(H,18,20)(H,19,21)/t14-,15-/m1/s1. The van der Waals surface area contributed by atoms with E-state index in [1.165, 1.54) is 0 Å². The molecular weight excluding hydrogens is 296 g/mol. The van der Waals surface area contributed by atoms with Gasteiger partial charge in [-0.3, -0.25) is 9.59 Å². The average Bonchev–Trinajstić information content (AvgIpc) is 3.23. The highest BCUT2D eigenvalue weighted by atomic mass is 16.5. The molecule has 2 atom stereocenters. The maximum atomic E-state index is 12.2. The number of benzene rings is 1. The highest BCUT2D eigenvalue weighted by Gasteiger charge is 2.26. The van der Waals surface area contributed by atoms with E-state index in [9.17, 15) is 9.59 Å². The second kappa shape index (κ2) is 7.10. The van der Waals surface area contributed by atoms with Gasteiger partial charge < -0.3 is 20.1 Å². The fourth-order valence-electron chi connectivity index (χ4n) is 2.87. The lowest BCUT2D eigenvalue weighted by Crippen LogP contribution is -2.29. The molecule has 3 rings (SSSR count). The lowest BCUT2D eigenvalue weighted by molar-refractivity contribution is -0.125. The molecule has 2 aliphatic heterocycles. The molecule has 2 amide bonds. The first kappa shape index (κ1) is 16.0. The predicted octanol–water partition coefficient (Wildman–Crippen LogP) is 2.23. The van der Waals surface area contributed by atoms with Gasteiger partial charge in [0.25, 0.3) is 11.8 Å². The number of hydrogen-bond acceptors (Lipinski definition) is 4. The van der Waals surface area contributed by atoms with E-state index < -0.39 is 12.2 Å². The Morgan fingerprint density at radius 2 is 1.52 bits per heavy atom. The van der Waals surface area contributed by atoms with Gasteiger partial charge in [-0.2, -0.15) is 0 Å². The zero-order valence-electron chi connectivity index (χ0n) is 13.3. The lowest BCUT2D eigenvalue weighted by atomic mass is 10.1. The van der Waals surface area contributed by atoms with Crippen molar-refractivity contribution < 1.29 is 19.1 Å². The average molecular weight is 318 g/mol.